The van der Waals surface area contributed by atoms with E-state index in [1.54, 1.807) is 79.1 Å². The van der Waals surface area contributed by atoms with Gasteiger partial charge in [-0.05, 0) is 48.2 Å². The molecule has 0 unspecified atom stereocenters. The summed E-state index contributed by atoms with van der Waals surface area (Å²) in [5.74, 6) is 2.91. The topological polar surface area (TPSA) is 108 Å². The first-order chi connectivity index (χ1) is 25.2. The third-order valence-electron chi connectivity index (χ3n) is 9.27. The molecule has 272 valence electrons. The Balaban J connectivity index is 0.000000201. The first-order valence-electron chi connectivity index (χ1n) is 16.7. The van der Waals surface area contributed by atoms with Crippen LogP contribution in [0.1, 0.15) is 46.9 Å². The Morgan fingerprint density at radius 3 is 1.25 bits per heavy atom. The molecule has 0 aliphatic carbocycles. The number of methoxy groups -OCH3 is 6. The van der Waals surface area contributed by atoms with Crippen LogP contribution in [0.5, 0.6) is 46.0 Å². The minimum atomic E-state index is -0.394. The number of benzene rings is 4. The number of hydrogen-bond acceptors (Lipinski definition) is 10. The van der Waals surface area contributed by atoms with Gasteiger partial charge >= 0.3 is 11.9 Å². The van der Waals surface area contributed by atoms with E-state index in [9.17, 15) is 9.59 Å². The predicted molar refractivity (Wildman–Crippen MR) is 197 cm³/mol. The Bertz CT molecular complexity index is 1790. The molecule has 4 atom stereocenters. The first-order valence-corrected chi connectivity index (χ1v) is 16.7. The van der Waals surface area contributed by atoms with E-state index in [0.29, 0.717) is 47.3 Å². The zero-order valence-corrected chi connectivity index (χ0v) is 30.3. The van der Waals surface area contributed by atoms with E-state index in [4.69, 9.17) is 37.9 Å². The molecular weight excluding hydrogens is 664 g/mol. The lowest BCUT2D eigenvalue weighted by Crippen LogP contribution is -2.32. The lowest BCUT2D eigenvalue weighted by molar-refractivity contribution is -0.141. The molecule has 0 bridgehead atoms. The molecule has 0 amide bonds. The van der Waals surface area contributed by atoms with Crippen LogP contribution < -0.4 is 37.9 Å². The van der Waals surface area contributed by atoms with Crippen LogP contribution in [0.25, 0.3) is 0 Å². The summed E-state index contributed by atoms with van der Waals surface area (Å²) >= 11 is 0. The summed E-state index contributed by atoms with van der Waals surface area (Å²) in [5, 5.41) is 0. The molecule has 2 aliphatic heterocycles. The highest BCUT2D eigenvalue weighted by Crippen LogP contribution is 2.51. The lowest BCUT2D eigenvalue weighted by atomic mass is 9.76. The number of hydrogen-bond donors (Lipinski definition) is 0. The first kappa shape index (κ1) is 37.4. The molecule has 6 rings (SSSR count). The summed E-state index contributed by atoms with van der Waals surface area (Å²) in [6.07, 6.45) is 4.46. The van der Waals surface area contributed by atoms with Crippen LogP contribution >= 0.6 is 0 Å². The van der Waals surface area contributed by atoms with Crippen molar-refractivity contribution in [1.82, 2.24) is 0 Å². The quantitative estimate of drug-likeness (QED) is 0.0819. The van der Waals surface area contributed by atoms with Crippen molar-refractivity contribution >= 4 is 11.9 Å². The molecular formula is C42H44O10. The number of ether oxygens (including phenoxy) is 8. The summed E-state index contributed by atoms with van der Waals surface area (Å²) in [7, 11) is 9.55. The Morgan fingerprint density at radius 1 is 0.538 bits per heavy atom. The van der Waals surface area contributed by atoms with Crippen LogP contribution in [0.3, 0.4) is 0 Å². The fraction of sp³-hybridized carbons (Fsp3) is 0.286. The minimum Gasteiger partial charge on any atom is -0.497 e. The maximum atomic E-state index is 12.7. The van der Waals surface area contributed by atoms with E-state index in [2.05, 4.69) is 13.2 Å². The number of rotatable bonds is 12. The molecule has 0 aromatic heterocycles. The highest BCUT2D eigenvalue weighted by molar-refractivity contribution is 5.83. The highest BCUT2D eigenvalue weighted by Gasteiger charge is 2.42. The number of carbonyl (C=O) groups is 2. The molecule has 10 heteroatoms. The van der Waals surface area contributed by atoms with E-state index in [-0.39, 0.29) is 23.8 Å². The van der Waals surface area contributed by atoms with Crippen LogP contribution in [-0.2, 0) is 9.59 Å². The van der Waals surface area contributed by atoms with E-state index in [1.807, 2.05) is 48.5 Å². The van der Waals surface area contributed by atoms with Gasteiger partial charge in [-0.1, -0.05) is 36.4 Å². The Labute approximate surface area is 304 Å². The van der Waals surface area contributed by atoms with Gasteiger partial charge in [0.25, 0.3) is 0 Å². The van der Waals surface area contributed by atoms with E-state index < -0.39 is 11.8 Å². The van der Waals surface area contributed by atoms with Crippen molar-refractivity contribution in [1.29, 1.82) is 0 Å². The van der Waals surface area contributed by atoms with E-state index in [1.165, 1.54) is 0 Å². The molecule has 0 saturated carbocycles. The van der Waals surface area contributed by atoms with Crippen molar-refractivity contribution in [2.45, 2.75) is 24.7 Å². The largest absolute Gasteiger partial charge is 0.497 e. The summed E-state index contributed by atoms with van der Waals surface area (Å²) in [4.78, 5) is 25.4. The lowest BCUT2D eigenvalue weighted by Gasteiger charge is -2.33. The molecule has 0 spiro atoms. The number of carbonyl (C=O) groups excluding carboxylic acids is 2. The summed E-state index contributed by atoms with van der Waals surface area (Å²) in [6.45, 7) is 7.59. The van der Waals surface area contributed by atoms with Crippen LogP contribution in [0.4, 0.5) is 0 Å². The Morgan fingerprint density at radius 2 is 0.923 bits per heavy atom. The van der Waals surface area contributed by atoms with Crippen LogP contribution in [0, 0.1) is 11.8 Å². The number of fused-ring (bicyclic) bond motifs is 2. The molecule has 0 radical (unpaired) electrons. The van der Waals surface area contributed by atoms with Crippen molar-refractivity contribution in [3.63, 3.8) is 0 Å². The minimum absolute atomic E-state index is 0.236. The van der Waals surface area contributed by atoms with Gasteiger partial charge in [0.15, 0.2) is 0 Å². The fourth-order valence-electron chi connectivity index (χ4n) is 6.84. The Hall–Kier alpha value is -5.90. The monoisotopic (exact) mass is 708 g/mol. The maximum Gasteiger partial charge on any atom is 0.315 e. The van der Waals surface area contributed by atoms with Crippen LogP contribution in [0.2, 0.25) is 0 Å². The molecule has 2 aliphatic rings. The molecule has 2 heterocycles. The summed E-state index contributed by atoms with van der Waals surface area (Å²) in [5.41, 5.74) is 3.57. The van der Waals surface area contributed by atoms with E-state index >= 15 is 0 Å². The third kappa shape index (κ3) is 7.56. The zero-order valence-electron chi connectivity index (χ0n) is 30.3. The van der Waals surface area contributed by atoms with Gasteiger partial charge in [-0.2, -0.15) is 0 Å². The van der Waals surface area contributed by atoms with Crippen LogP contribution in [-0.4, -0.2) is 54.6 Å². The SMILES string of the molecule is C=CC[C@@H]1C(=O)Oc2cc(OC)cc(OC)c2[C@@H]1c1cccc(OC)c1.C=CC[C@@H]1C(=O)Oc2cc(OC)cc(OC)c2[C@@H]1c1cccc(OC)c1. The van der Waals surface area contributed by atoms with E-state index in [0.717, 1.165) is 33.8 Å². The summed E-state index contributed by atoms with van der Waals surface area (Å²) in [6, 6.07) is 22.4. The fourth-order valence-corrected chi connectivity index (χ4v) is 6.84. The molecule has 4 aromatic carbocycles. The van der Waals surface area contributed by atoms with Crippen molar-refractivity contribution < 1.29 is 47.5 Å². The molecule has 10 nitrogen and oxygen atoms in total. The molecule has 0 saturated heterocycles. The second-order valence-corrected chi connectivity index (χ2v) is 12.1. The molecule has 4 aromatic rings. The molecule has 0 fully saturated rings. The van der Waals surface area contributed by atoms with Gasteiger partial charge in [-0.15, -0.1) is 13.2 Å². The summed E-state index contributed by atoms with van der Waals surface area (Å²) < 4.78 is 43.7. The van der Waals surface area contributed by atoms with Crippen molar-refractivity contribution in [3.05, 3.63) is 120 Å². The second kappa shape index (κ2) is 16.9. The van der Waals surface area contributed by atoms with Crippen molar-refractivity contribution in [2.75, 3.05) is 42.7 Å². The smallest absolute Gasteiger partial charge is 0.315 e. The van der Waals surface area contributed by atoms with Gasteiger partial charge in [0, 0.05) is 47.2 Å². The van der Waals surface area contributed by atoms with Gasteiger partial charge < -0.3 is 37.9 Å². The average molecular weight is 709 g/mol. The highest BCUT2D eigenvalue weighted by atomic mass is 16.5. The predicted octanol–water partition coefficient (Wildman–Crippen LogP) is 7.91. The van der Waals surface area contributed by atoms with Gasteiger partial charge in [-0.25, -0.2) is 0 Å². The van der Waals surface area contributed by atoms with Crippen LogP contribution in [0.15, 0.2) is 98.1 Å². The Kier molecular flexibility index (Phi) is 12.1. The maximum absolute atomic E-state index is 12.7. The second-order valence-electron chi connectivity index (χ2n) is 12.1. The standard InChI is InChI=1S/2C21H22O5/c2*1-5-7-16-19(13-8-6-9-14(10-13)23-2)20-17(25-4)11-15(24-3)12-18(20)26-21(16)22/h2*5-6,8-12,16,19H,1,7H2,2-4H3/t2*16-,19+/m00/s1. The van der Waals surface area contributed by atoms with Gasteiger partial charge in [-0.3, -0.25) is 9.59 Å². The number of esters is 2. The van der Waals surface area contributed by atoms with Crippen molar-refractivity contribution in [2.24, 2.45) is 11.8 Å². The van der Waals surface area contributed by atoms with Gasteiger partial charge in [0.1, 0.15) is 46.0 Å². The zero-order chi connectivity index (χ0) is 37.4. The average Bonchev–Trinajstić information content (AvgIpc) is 3.17. The van der Waals surface area contributed by atoms with Gasteiger partial charge in [0.05, 0.1) is 54.5 Å². The van der Waals surface area contributed by atoms with Gasteiger partial charge in [0.2, 0.25) is 0 Å². The normalized spacial score (nSPS) is 18.5. The number of allylic oxidation sites excluding steroid dienone is 2. The molecule has 52 heavy (non-hydrogen) atoms. The van der Waals surface area contributed by atoms with Crippen molar-refractivity contribution in [3.8, 4) is 46.0 Å². The molecule has 0 N–H and O–H groups in total. The third-order valence-corrected chi connectivity index (χ3v) is 9.27.